The number of aryl methyl sites for hydroxylation is 1. The van der Waals surface area contributed by atoms with Crippen LogP contribution in [-0.4, -0.2) is 6.54 Å². The Morgan fingerprint density at radius 1 is 1.19 bits per heavy atom. The summed E-state index contributed by atoms with van der Waals surface area (Å²) in [5.41, 5.74) is 0.699. The second kappa shape index (κ2) is 6.87. The van der Waals surface area contributed by atoms with Gasteiger partial charge in [-0.15, -0.1) is 0 Å². The molecule has 1 unspecified atom stereocenters. The molecule has 1 atom stereocenters. The zero-order valence-electron chi connectivity index (χ0n) is 13.4. The fourth-order valence-corrected chi connectivity index (χ4v) is 3.58. The SMILES string of the molecule is CCCNC(c1c(F)ccc(C)c1F)C1(C)CCCCC1. The molecule has 0 aromatic heterocycles. The second-order valence-electron chi connectivity index (χ2n) is 6.69. The van der Waals surface area contributed by atoms with E-state index in [1.54, 1.807) is 6.92 Å². The summed E-state index contributed by atoms with van der Waals surface area (Å²) in [6.45, 7) is 6.75. The van der Waals surface area contributed by atoms with Crippen LogP contribution < -0.4 is 5.32 Å². The molecule has 0 radical (unpaired) electrons. The smallest absolute Gasteiger partial charge is 0.133 e. The maximum Gasteiger partial charge on any atom is 0.133 e. The Morgan fingerprint density at radius 2 is 1.86 bits per heavy atom. The lowest BCUT2D eigenvalue weighted by molar-refractivity contribution is 0.139. The highest BCUT2D eigenvalue weighted by atomic mass is 19.1. The van der Waals surface area contributed by atoms with E-state index in [9.17, 15) is 8.78 Å². The molecule has 1 aromatic carbocycles. The average Bonchev–Trinajstić information content (AvgIpc) is 2.47. The van der Waals surface area contributed by atoms with E-state index in [-0.39, 0.29) is 22.8 Å². The number of hydrogen-bond donors (Lipinski definition) is 1. The molecule has 3 heteroatoms. The first-order valence-corrected chi connectivity index (χ1v) is 8.17. The van der Waals surface area contributed by atoms with Crippen LogP contribution in [-0.2, 0) is 0 Å². The van der Waals surface area contributed by atoms with E-state index in [1.807, 2.05) is 0 Å². The third kappa shape index (κ3) is 3.45. The van der Waals surface area contributed by atoms with Gasteiger partial charge in [0.2, 0.25) is 0 Å². The maximum absolute atomic E-state index is 14.6. The highest BCUT2D eigenvalue weighted by Crippen LogP contribution is 2.47. The van der Waals surface area contributed by atoms with E-state index in [2.05, 4.69) is 19.2 Å². The molecule has 1 aliphatic rings. The van der Waals surface area contributed by atoms with Crippen LogP contribution in [0.4, 0.5) is 8.78 Å². The van der Waals surface area contributed by atoms with E-state index in [0.717, 1.165) is 38.6 Å². The van der Waals surface area contributed by atoms with Gasteiger partial charge in [0.1, 0.15) is 11.6 Å². The van der Waals surface area contributed by atoms with E-state index in [1.165, 1.54) is 18.6 Å². The van der Waals surface area contributed by atoms with Crippen molar-refractivity contribution in [1.82, 2.24) is 5.32 Å². The Kier molecular flexibility index (Phi) is 5.37. The summed E-state index contributed by atoms with van der Waals surface area (Å²) < 4.78 is 28.9. The zero-order valence-corrected chi connectivity index (χ0v) is 13.4. The normalized spacial score (nSPS) is 19.5. The summed E-state index contributed by atoms with van der Waals surface area (Å²) >= 11 is 0. The summed E-state index contributed by atoms with van der Waals surface area (Å²) in [5.74, 6) is -0.797. The fourth-order valence-electron chi connectivity index (χ4n) is 3.58. The van der Waals surface area contributed by atoms with Gasteiger partial charge < -0.3 is 5.32 Å². The van der Waals surface area contributed by atoms with Crippen LogP contribution in [0, 0.1) is 24.0 Å². The van der Waals surface area contributed by atoms with Crippen LogP contribution in [0.25, 0.3) is 0 Å². The van der Waals surface area contributed by atoms with Gasteiger partial charge in [-0.25, -0.2) is 8.78 Å². The molecule has 1 nitrogen and oxygen atoms in total. The minimum atomic E-state index is -0.418. The van der Waals surface area contributed by atoms with Crippen LogP contribution >= 0.6 is 0 Å². The Hall–Kier alpha value is -0.960. The van der Waals surface area contributed by atoms with E-state index >= 15 is 0 Å². The van der Waals surface area contributed by atoms with Crippen LogP contribution in [0.3, 0.4) is 0 Å². The van der Waals surface area contributed by atoms with Crippen molar-refractivity contribution in [3.8, 4) is 0 Å². The third-order valence-corrected chi connectivity index (χ3v) is 4.90. The van der Waals surface area contributed by atoms with Crippen molar-refractivity contribution in [2.75, 3.05) is 6.54 Å². The molecule has 0 amide bonds. The number of nitrogens with one attached hydrogen (secondary N) is 1. The van der Waals surface area contributed by atoms with E-state index in [0.29, 0.717) is 5.56 Å². The molecule has 0 heterocycles. The monoisotopic (exact) mass is 295 g/mol. The summed E-state index contributed by atoms with van der Waals surface area (Å²) in [4.78, 5) is 0. The zero-order chi connectivity index (χ0) is 15.5. The predicted octanol–water partition coefficient (Wildman–Crippen LogP) is 5.28. The molecule has 0 aliphatic heterocycles. The molecule has 0 spiro atoms. The van der Waals surface area contributed by atoms with Gasteiger partial charge in [-0.2, -0.15) is 0 Å². The van der Waals surface area contributed by atoms with Gasteiger partial charge in [0, 0.05) is 11.6 Å². The van der Waals surface area contributed by atoms with Gasteiger partial charge in [0.15, 0.2) is 0 Å². The van der Waals surface area contributed by atoms with Crippen LogP contribution in [0.15, 0.2) is 12.1 Å². The summed E-state index contributed by atoms with van der Waals surface area (Å²) in [7, 11) is 0. The van der Waals surface area contributed by atoms with Crippen molar-refractivity contribution >= 4 is 0 Å². The first kappa shape index (κ1) is 16.4. The van der Waals surface area contributed by atoms with Crippen molar-refractivity contribution in [1.29, 1.82) is 0 Å². The highest BCUT2D eigenvalue weighted by Gasteiger charge is 2.39. The van der Waals surface area contributed by atoms with Crippen molar-refractivity contribution in [2.45, 2.75) is 65.3 Å². The molecule has 1 N–H and O–H groups in total. The number of halogens is 2. The van der Waals surface area contributed by atoms with Gasteiger partial charge >= 0.3 is 0 Å². The minimum Gasteiger partial charge on any atom is -0.309 e. The first-order valence-electron chi connectivity index (χ1n) is 8.17. The maximum atomic E-state index is 14.6. The standard InChI is InChI=1S/C18H27F2N/c1-4-12-21-17(18(3)10-6-5-7-11-18)15-14(19)9-8-13(2)16(15)20/h8-9,17,21H,4-7,10-12H2,1-3H3. The van der Waals surface area contributed by atoms with Crippen LogP contribution in [0.5, 0.6) is 0 Å². The lowest BCUT2D eigenvalue weighted by Crippen LogP contribution is -2.39. The fraction of sp³-hybridized carbons (Fsp3) is 0.667. The summed E-state index contributed by atoms with van der Waals surface area (Å²) in [6, 6.07) is 2.69. The number of hydrogen-bond acceptors (Lipinski definition) is 1. The molecule has 118 valence electrons. The molecular weight excluding hydrogens is 268 g/mol. The van der Waals surface area contributed by atoms with Gasteiger partial charge in [-0.1, -0.05) is 39.2 Å². The van der Waals surface area contributed by atoms with Crippen molar-refractivity contribution < 1.29 is 8.78 Å². The summed E-state index contributed by atoms with van der Waals surface area (Å²) in [5, 5.41) is 3.42. The van der Waals surface area contributed by atoms with Crippen molar-refractivity contribution in [3.05, 3.63) is 34.9 Å². The minimum absolute atomic E-state index is 0.0666. The largest absolute Gasteiger partial charge is 0.309 e. The topological polar surface area (TPSA) is 12.0 Å². The summed E-state index contributed by atoms with van der Waals surface area (Å²) in [6.07, 6.45) is 6.55. The van der Waals surface area contributed by atoms with Crippen LogP contribution in [0.2, 0.25) is 0 Å². The lowest BCUT2D eigenvalue weighted by atomic mass is 9.68. The van der Waals surface area contributed by atoms with Crippen molar-refractivity contribution in [3.63, 3.8) is 0 Å². The molecule has 1 aliphatic carbocycles. The van der Waals surface area contributed by atoms with Crippen molar-refractivity contribution in [2.24, 2.45) is 5.41 Å². The lowest BCUT2D eigenvalue weighted by Gasteiger charge is -2.42. The third-order valence-electron chi connectivity index (χ3n) is 4.90. The Morgan fingerprint density at radius 3 is 2.48 bits per heavy atom. The molecule has 0 saturated heterocycles. The van der Waals surface area contributed by atoms with Gasteiger partial charge in [-0.3, -0.25) is 0 Å². The Labute approximate surface area is 127 Å². The molecule has 1 fully saturated rings. The first-order chi connectivity index (χ1) is 9.99. The molecule has 21 heavy (non-hydrogen) atoms. The van der Waals surface area contributed by atoms with Gasteiger partial charge in [-0.05, 0) is 49.8 Å². The molecule has 1 aromatic rings. The quantitative estimate of drug-likeness (QED) is 0.779. The second-order valence-corrected chi connectivity index (χ2v) is 6.69. The molecule has 2 rings (SSSR count). The number of rotatable bonds is 5. The van der Waals surface area contributed by atoms with E-state index in [4.69, 9.17) is 0 Å². The van der Waals surface area contributed by atoms with Gasteiger partial charge in [0.05, 0.1) is 0 Å². The Balaban J connectivity index is 2.42. The Bertz CT molecular complexity index is 478. The number of benzene rings is 1. The molecule has 1 saturated carbocycles. The van der Waals surface area contributed by atoms with Gasteiger partial charge in [0.25, 0.3) is 0 Å². The van der Waals surface area contributed by atoms with E-state index < -0.39 is 5.82 Å². The average molecular weight is 295 g/mol. The molecular formula is C18H27F2N. The predicted molar refractivity (Wildman–Crippen MR) is 83.3 cm³/mol. The van der Waals surface area contributed by atoms with Crippen LogP contribution in [0.1, 0.15) is 69.5 Å². The highest BCUT2D eigenvalue weighted by molar-refractivity contribution is 5.30. The molecule has 0 bridgehead atoms.